The van der Waals surface area contributed by atoms with E-state index in [-0.39, 0.29) is 5.69 Å². The topological polar surface area (TPSA) is 79.6 Å². The number of hydrogen-bond donors (Lipinski definition) is 2. The molecule has 2 N–H and O–H groups in total. The van der Waals surface area contributed by atoms with E-state index >= 15 is 0 Å². The highest BCUT2D eigenvalue weighted by Crippen LogP contribution is 2.19. The van der Waals surface area contributed by atoms with Crippen LogP contribution in [0.15, 0.2) is 41.5 Å². The number of nitro benzene ring substituents is 1. The van der Waals surface area contributed by atoms with Crippen LogP contribution in [0.3, 0.4) is 0 Å². The van der Waals surface area contributed by atoms with E-state index in [0.29, 0.717) is 22.0 Å². The summed E-state index contributed by atoms with van der Waals surface area (Å²) in [6.45, 7) is 7.50. The monoisotopic (exact) mass is 356 g/mol. The van der Waals surface area contributed by atoms with Crippen LogP contribution in [0.2, 0.25) is 0 Å². The Morgan fingerprint density at radius 1 is 1.12 bits per heavy atom. The Morgan fingerprint density at radius 2 is 1.84 bits per heavy atom. The number of nitrogens with one attached hydrogen (secondary N) is 2. The van der Waals surface area contributed by atoms with Gasteiger partial charge in [0, 0.05) is 22.9 Å². The molecule has 130 valence electrons. The molecule has 0 aromatic heterocycles. The highest BCUT2D eigenvalue weighted by atomic mass is 32.1. The Hall–Kier alpha value is -2.80. The lowest BCUT2D eigenvalue weighted by molar-refractivity contribution is -0.385. The van der Waals surface area contributed by atoms with E-state index in [9.17, 15) is 10.1 Å². The van der Waals surface area contributed by atoms with Crippen LogP contribution < -0.4 is 10.7 Å². The normalized spacial score (nSPS) is 11.1. The predicted molar refractivity (Wildman–Crippen MR) is 105 cm³/mol. The molecule has 0 radical (unpaired) electrons. The van der Waals surface area contributed by atoms with Crippen LogP contribution in [0, 0.1) is 30.9 Å². The Balaban J connectivity index is 2.09. The third kappa shape index (κ3) is 4.84. The lowest BCUT2D eigenvalue weighted by Crippen LogP contribution is -2.25. The molecule has 0 aliphatic rings. The van der Waals surface area contributed by atoms with Gasteiger partial charge < -0.3 is 5.32 Å². The molecule has 0 fully saturated rings. The van der Waals surface area contributed by atoms with Gasteiger partial charge >= 0.3 is 0 Å². The van der Waals surface area contributed by atoms with Gasteiger partial charge in [-0.15, -0.1) is 0 Å². The molecule has 0 saturated carbocycles. The SMILES string of the molecule is CC(=NNC(=S)Nc1ccc(C)cc1C)c1ccc(C)c([N+](=O)[O-])c1. The van der Waals surface area contributed by atoms with Gasteiger partial charge in [-0.05, 0) is 51.5 Å². The van der Waals surface area contributed by atoms with Gasteiger partial charge in [0.2, 0.25) is 0 Å². The van der Waals surface area contributed by atoms with E-state index < -0.39 is 4.92 Å². The van der Waals surface area contributed by atoms with Gasteiger partial charge in [-0.3, -0.25) is 15.5 Å². The van der Waals surface area contributed by atoms with Crippen molar-refractivity contribution in [3.63, 3.8) is 0 Å². The van der Waals surface area contributed by atoms with E-state index in [1.54, 1.807) is 26.0 Å². The summed E-state index contributed by atoms with van der Waals surface area (Å²) in [5, 5.41) is 18.7. The van der Waals surface area contributed by atoms with Crippen molar-refractivity contribution in [1.82, 2.24) is 5.43 Å². The van der Waals surface area contributed by atoms with Crippen LogP contribution in [0.1, 0.15) is 29.2 Å². The first kappa shape index (κ1) is 18.5. The van der Waals surface area contributed by atoms with Gasteiger partial charge in [-0.2, -0.15) is 5.10 Å². The molecule has 7 heteroatoms. The number of hydrazone groups is 1. The standard InChI is InChI=1S/C18H20N4O2S/c1-11-5-8-16(13(3)9-11)19-18(25)21-20-14(4)15-7-6-12(2)17(10-15)22(23)24/h5-10H,1-4H3,(H2,19,21,25). The molecule has 0 unspecified atom stereocenters. The van der Waals surface area contributed by atoms with E-state index in [1.807, 2.05) is 26.0 Å². The van der Waals surface area contributed by atoms with Gasteiger partial charge in [0.1, 0.15) is 0 Å². The fourth-order valence-electron chi connectivity index (χ4n) is 2.33. The maximum Gasteiger partial charge on any atom is 0.272 e. The van der Waals surface area contributed by atoms with Gasteiger partial charge in [-0.25, -0.2) is 0 Å². The lowest BCUT2D eigenvalue weighted by Gasteiger charge is -2.11. The molecule has 0 heterocycles. The number of nitrogens with zero attached hydrogens (tertiary/aromatic N) is 2. The van der Waals surface area contributed by atoms with Crippen molar-refractivity contribution >= 4 is 34.4 Å². The molecule has 0 bridgehead atoms. The fraction of sp³-hybridized carbons (Fsp3) is 0.222. The van der Waals surface area contributed by atoms with Crippen molar-refractivity contribution in [3.05, 3.63) is 68.8 Å². The zero-order chi connectivity index (χ0) is 18.6. The second-order valence-electron chi connectivity index (χ2n) is 5.84. The summed E-state index contributed by atoms with van der Waals surface area (Å²) in [7, 11) is 0. The number of nitro groups is 1. The number of rotatable bonds is 4. The van der Waals surface area contributed by atoms with Crippen LogP contribution >= 0.6 is 12.2 Å². The first-order valence-electron chi connectivity index (χ1n) is 7.72. The van der Waals surface area contributed by atoms with Gasteiger partial charge in [0.25, 0.3) is 5.69 Å². The minimum absolute atomic E-state index is 0.0723. The highest BCUT2D eigenvalue weighted by molar-refractivity contribution is 7.80. The number of anilines is 1. The first-order chi connectivity index (χ1) is 11.8. The first-order valence-corrected chi connectivity index (χ1v) is 8.12. The van der Waals surface area contributed by atoms with E-state index in [2.05, 4.69) is 21.9 Å². The Kier molecular flexibility index (Phi) is 5.82. The Morgan fingerprint density at radius 3 is 2.48 bits per heavy atom. The lowest BCUT2D eigenvalue weighted by atomic mass is 10.1. The molecule has 6 nitrogen and oxygen atoms in total. The fourth-order valence-corrected chi connectivity index (χ4v) is 2.49. The van der Waals surface area contributed by atoms with Crippen molar-refractivity contribution in [2.24, 2.45) is 5.10 Å². The van der Waals surface area contributed by atoms with E-state index in [0.717, 1.165) is 11.3 Å². The van der Waals surface area contributed by atoms with Crippen LogP contribution in [-0.2, 0) is 0 Å². The number of thiocarbonyl (C=S) groups is 1. The summed E-state index contributed by atoms with van der Waals surface area (Å²) in [6.07, 6.45) is 0. The summed E-state index contributed by atoms with van der Waals surface area (Å²) < 4.78 is 0. The summed E-state index contributed by atoms with van der Waals surface area (Å²) in [5.41, 5.74) is 7.89. The molecule has 0 aliphatic heterocycles. The molecule has 2 rings (SSSR count). The maximum atomic E-state index is 11.0. The third-order valence-electron chi connectivity index (χ3n) is 3.78. The molecule has 0 amide bonds. The van der Waals surface area contributed by atoms with Gasteiger partial charge in [0.15, 0.2) is 5.11 Å². The molecule has 0 aliphatic carbocycles. The summed E-state index contributed by atoms with van der Waals surface area (Å²) in [4.78, 5) is 10.6. The molecule has 0 atom stereocenters. The van der Waals surface area contributed by atoms with Crippen molar-refractivity contribution in [2.45, 2.75) is 27.7 Å². The number of aryl methyl sites for hydroxylation is 3. The highest BCUT2D eigenvalue weighted by Gasteiger charge is 2.12. The largest absolute Gasteiger partial charge is 0.331 e. The van der Waals surface area contributed by atoms with E-state index in [4.69, 9.17) is 12.2 Å². The van der Waals surface area contributed by atoms with Crippen LogP contribution in [0.5, 0.6) is 0 Å². The third-order valence-corrected chi connectivity index (χ3v) is 3.97. The predicted octanol–water partition coefficient (Wildman–Crippen LogP) is 4.23. The van der Waals surface area contributed by atoms with E-state index in [1.165, 1.54) is 11.6 Å². The Labute approximate surface area is 152 Å². The quantitative estimate of drug-likeness (QED) is 0.371. The van der Waals surface area contributed by atoms with Crippen molar-refractivity contribution < 1.29 is 4.92 Å². The number of hydrogen-bond acceptors (Lipinski definition) is 4. The Bertz CT molecular complexity index is 862. The zero-order valence-corrected chi connectivity index (χ0v) is 15.4. The maximum absolute atomic E-state index is 11.0. The molecule has 25 heavy (non-hydrogen) atoms. The summed E-state index contributed by atoms with van der Waals surface area (Å²) in [5.74, 6) is 0. The minimum Gasteiger partial charge on any atom is -0.331 e. The summed E-state index contributed by atoms with van der Waals surface area (Å²) in [6, 6.07) is 11.0. The average Bonchev–Trinajstić information content (AvgIpc) is 2.55. The zero-order valence-electron chi connectivity index (χ0n) is 14.6. The van der Waals surface area contributed by atoms with Crippen molar-refractivity contribution in [3.8, 4) is 0 Å². The molecule has 2 aromatic rings. The molecule has 0 saturated heterocycles. The smallest absolute Gasteiger partial charge is 0.272 e. The minimum atomic E-state index is -0.397. The van der Waals surface area contributed by atoms with Gasteiger partial charge in [-0.1, -0.05) is 29.8 Å². The summed E-state index contributed by atoms with van der Waals surface area (Å²) >= 11 is 5.25. The molecular formula is C18H20N4O2S. The molecule has 2 aromatic carbocycles. The van der Waals surface area contributed by atoms with Gasteiger partial charge in [0.05, 0.1) is 10.6 Å². The van der Waals surface area contributed by atoms with Crippen LogP contribution in [0.4, 0.5) is 11.4 Å². The van der Waals surface area contributed by atoms with Crippen LogP contribution in [0.25, 0.3) is 0 Å². The van der Waals surface area contributed by atoms with Crippen molar-refractivity contribution in [2.75, 3.05) is 5.32 Å². The number of benzene rings is 2. The van der Waals surface area contributed by atoms with Crippen LogP contribution in [-0.4, -0.2) is 15.7 Å². The van der Waals surface area contributed by atoms with Crippen molar-refractivity contribution in [1.29, 1.82) is 0 Å². The second-order valence-corrected chi connectivity index (χ2v) is 6.25. The average molecular weight is 356 g/mol. The molecule has 0 spiro atoms. The molecular weight excluding hydrogens is 336 g/mol. The second kappa shape index (κ2) is 7.85.